The summed E-state index contributed by atoms with van der Waals surface area (Å²) in [5.74, 6) is 0. The third-order valence-electron chi connectivity index (χ3n) is 6.11. The van der Waals surface area contributed by atoms with Gasteiger partial charge in [0.1, 0.15) is 0 Å². The minimum Gasteiger partial charge on any atom is -0.418 e. The molecule has 1 aromatic heterocycles. The van der Waals surface area contributed by atoms with Gasteiger partial charge >= 0.3 is 7.25 Å². The Morgan fingerprint density at radius 2 is 1.22 bits per heavy atom. The molecule has 0 bridgehead atoms. The lowest BCUT2D eigenvalue weighted by molar-refractivity contribution is -0.585. The van der Waals surface area contributed by atoms with Crippen LogP contribution in [0.5, 0.6) is 0 Å². The summed E-state index contributed by atoms with van der Waals surface area (Å²) >= 11 is 0. The molecule has 0 saturated carbocycles. The van der Waals surface area contributed by atoms with Crippen molar-refractivity contribution in [2.75, 3.05) is 0 Å². The molecule has 0 amide bonds. The molecule has 5 aromatic rings. The summed E-state index contributed by atoms with van der Waals surface area (Å²) in [5.41, 5.74) is 8.66. The fourth-order valence-corrected chi connectivity index (χ4v) is 4.23. The van der Waals surface area contributed by atoms with E-state index in [4.69, 9.17) is 0 Å². The summed E-state index contributed by atoms with van der Waals surface area (Å²) in [6, 6.07) is 40.2. The summed E-state index contributed by atoms with van der Waals surface area (Å²) in [6.45, 7) is 2.08. The molecule has 41 heavy (non-hydrogen) atoms. The number of aromatic nitrogens is 1. The SMILES string of the molecule is Cc1ccc(-[n+]2c(/C=C/c3ccc([N+](=O)[O-])cc3)cc(-c3ccccc3)cc2-c2ccccc2)cc1.F[B-](F)(F)F. The largest absolute Gasteiger partial charge is 0.673 e. The minimum absolute atomic E-state index is 0.0827. The topological polar surface area (TPSA) is 47.0 Å². The molecule has 0 aliphatic carbocycles. The van der Waals surface area contributed by atoms with Gasteiger partial charge in [0.15, 0.2) is 0 Å². The quantitative estimate of drug-likeness (QED) is 0.0689. The maximum atomic E-state index is 11.0. The molecule has 0 N–H and O–H groups in total. The van der Waals surface area contributed by atoms with Gasteiger partial charge in [-0.2, -0.15) is 4.57 Å². The van der Waals surface area contributed by atoms with E-state index < -0.39 is 7.25 Å². The number of nitro groups is 1. The number of rotatable bonds is 6. The van der Waals surface area contributed by atoms with Crippen molar-refractivity contribution in [2.24, 2.45) is 0 Å². The van der Waals surface area contributed by atoms with Gasteiger partial charge in [-0.3, -0.25) is 10.1 Å². The van der Waals surface area contributed by atoms with E-state index in [1.165, 1.54) is 17.7 Å². The highest BCUT2D eigenvalue weighted by molar-refractivity contribution is 6.50. The van der Waals surface area contributed by atoms with Gasteiger partial charge in [-0.25, -0.2) is 0 Å². The Kier molecular flexibility index (Phi) is 9.09. The van der Waals surface area contributed by atoms with Crippen molar-refractivity contribution in [3.05, 3.63) is 148 Å². The average molecular weight is 556 g/mol. The van der Waals surface area contributed by atoms with Crippen LogP contribution < -0.4 is 4.57 Å². The summed E-state index contributed by atoms with van der Waals surface area (Å²) in [6.07, 6.45) is 4.06. The molecule has 0 radical (unpaired) electrons. The standard InChI is InChI=1S/C32H25N2O2.BF4/c1-24-12-17-29(18-13-24)33-31(21-16-25-14-19-30(20-15-25)34(35)36)22-28(26-8-4-2-5-9-26)23-32(33)27-10-6-3-7-11-27;2-1(3,4)5/h2-23H,1H3;/q+1;-1/b21-16+;. The molecule has 0 aliphatic rings. The van der Waals surface area contributed by atoms with E-state index in [1.54, 1.807) is 12.1 Å². The van der Waals surface area contributed by atoms with E-state index in [2.05, 4.69) is 90.4 Å². The van der Waals surface area contributed by atoms with Crippen molar-refractivity contribution in [2.45, 2.75) is 6.92 Å². The summed E-state index contributed by atoms with van der Waals surface area (Å²) in [7, 11) is -6.00. The van der Waals surface area contributed by atoms with Gasteiger partial charge in [-0.05, 0) is 54.0 Å². The molecule has 4 nitrogen and oxygen atoms in total. The van der Waals surface area contributed by atoms with Crippen LogP contribution in [0.25, 0.3) is 40.2 Å². The number of hydrogen-bond acceptors (Lipinski definition) is 2. The number of halogens is 4. The lowest BCUT2D eigenvalue weighted by Crippen LogP contribution is -2.37. The molecule has 9 heteroatoms. The predicted molar refractivity (Wildman–Crippen MR) is 156 cm³/mol. The van der Waals surface area contributed by atoms with E-state index in [-0.39, 0.29) is 10.6 Å². The normalized spacial score (nSPS) is 11.1. The highest BCUT2D eigenvalue weighted by Crippen LogP contribution is 2.27. The van der Waals surface area contributed by atoms with Crippen molar-refractivity contribution in [1.82, 2.24) is 0 Å². The molecule has 4 aromatic carbocycles. The van der Waals surface area contributed by atoms with Crippen LogP contribution in [0.15, 0.2) is 121 Å². The molecule has 1 heterocycles. The molecular weight excluding hydrogens is 531 g/mol. The third kappa shape index (κ3) is 8.22. The van der Waals surface area contributed by atoms with Crippen LogP contribution in [-0.4, -0.2) is 12.2 Å². The summed E-state index contributed by atoms with van der Waals surface area (Å²) in [5, 5.41) is 11.0. The van der Waals surface area contributed by atoms with Crippen LogP contribution >= 0.6 is 0 Å². The molecule has 5 rings (SSSR count). The summed E-state index contributed by atoms with van der Waals surface area (Å²) in [4.78, 5) is 10.7. The van der Waals surface area contributed by atoms with Crippen LogP contribution in [0.2, 0.25) is 0 Å². The first-order valence-electron chi connectivity index (χ1n) is 12.7. The van der Waals surface area contributed by atoms with Gasteiger partial charge in [-0.15, -0.1) is 0 Å². The number of nitrogens with zero attached hydrogens (tertiary/aromatic N) is 2. The Balaban J connectivity index is 0.000000714. The van der Waals surface area contributed by atoms with Gasteiger partial charge in [0, 0.05) is 48.0 Å². The smallest absolute Gasteiger partial charge is 0.418 e. The first kappa shape index (κ1) is 29.0. The maximum absolute atomic E-state index is 11.0. The number of benzene rings is 4. The Labute approximate surface area is 235 Å². The molecule has 0 saturated heterocycles. The monoisotopic (exact) mass is 556 g/mol. The van der Waals surface area contributed by atoms with Crippen molar-refractivity contribution in [1.29, 1.82) is 0 Å². The van der Waals surface area contributed by atoms with Crippen molar-refractivity contribution >= 4 is 25.1 Å². The van der Waals surface area contributed by atoms with E-state index in [0.717, 1.165) is 39.3 Å². The third-order valence-corrected chi connectivity index (χ3v) is 6.11. The summed E-state index contributed by atoms with van der Waals surface area (Å²) < 4.78 is 41.3. The fraction of sp³-hybridized carbons (Fsp3) is 0.0312. The van der Waals surface area contributed by atoms with E-state index >= 15 is 0 Å². The number of nitro benzene ring substituents is 1. The number of hydrogen-bond donors (Lipinski definition) is 0. The van der Waals surface area contributed by atoms with Gasteiger partial charge < -0.3 is 17.3 Å². The lowest BCUT2D eigenvalue weighted by Gasteiger charge is -2.11. The molecular formula is C32H25BF4N2O2. The number of pyridine rings is 1. The zero-order chi connectivity index (χ0) is 29.4. The minimum atomic E-state index is -6.00. The Morgan fingerprint density at radius 1 is 0.683 bits per heavy atom. The van der Waals surface area contributed by atoms with Crippen LogP contribution in [0.3, 0.4) is 0 Å². The van der Waals surface area contributed by atoms with Crippen LogP contribution in [0.4, 0.5) is 23.0 Å². The van der Waals surface area contributed by atoms with Gasteiger partial charge in [0.2, 0.25) is 17.1 Å². The van der Waals surface area contributed by atoms with Gasteiger partial charge in [0.05, 0.1) is 4.92 Å². The first-order valence-corrected chi connectivity index (χ1v) is 12.7. The Morgan fingerprint density at radius 3 is 1.76 bits per heavy atom. The van der Waals surface area contributed by atoms with E-state index in [9.17, 15) is 27.4 Å². The zero-order valence-electron chi connectivity index (χ0n) is 22.0. The van der Waals surface area contributed by atoms with E-state index in [0.29, 0.717) is 0 Å². The molecule has 0 unspecified atom stereocenters. The molecule has 206 valence electrons. The second-order valence-corrected chi connectivity index (χ2v) is 9.13. The van der Waals surface area contributed by atoms with E-state index in [1.807, 2.05) is 30.3 Å². The van der Waals surface area contributed by atoms with Crippen molar-refractivity contribution in [3.63, 3.8) is 0 Å². The Bertz CT molecular complexity index is 1630. The average Bonchev–Trinajstić information content (AvgIpc) is 2.96. The first-order chi connectivity index (χ1) is 19.6. The zero-order valence-corrected chi connectivity index (χ0v) is 22.0. The van der Waals surface area contributed by atoms with Crippen LogP contribution in [0, 0.1) is 17.0 Å². The highest BCUT2D eigenvalue weighted by Gasteiger charge is 2.22. The molecule has 0 aliphatic heterocycles. The van der Waals surface area contributed by atoms with Crippen molar-refractivity contribution < 1.29 is 26.8 Å². The molecule has 0 fully saturated rings. The fourth-order valence-electron chi connectivity index (χ4n) is 4.23. The Hall–Kier alpha value is -5.05. The highest BCUT2D eigenvalue weighted by atomic mass is 19.5. The van der Waals surface area contributed by atoms with Gasteiger partial charge in [-0.1, -0.05) is 66.2 Å². The second kappa shape index (κ2) is 12.9. The van der Waals surface area contributed by atoms with Crippen LogP contribution in [0.1, 0.15) is 16.8 Å². The lowest BCUT2D eigenvalue weighted by atomic mass is 10.0. The maximum Gasteiger partial charge on any atom is 0.673 e. The molecule has 0 atom stereocenters. The van der Waals surface area contributed by atoms with Crippen LogP contribution in [-0.2, 0) is 0 Å². The second-order valence-electron chi connectivity index (χ2n) is 9.13. The number of non-ortho nitro benzene ring substituents is 1. The predicted octanol–water partition coefficient (Wildman–Crippen LogP) is 8.98. The number of aryl methyl sites for hydroxylation is 1. The van der Waals surface area contributed by atoms with Crippen molar-refractivity contribution in [3.8, 4) is 28.1 Å². The van der Waals surface area contributed by atoms with Gasteiger partial charge in [0.25, 0.3) is 5.69 Å². The molecule has 0 spiro atoms.